The van der Waals surface area contributed by atoms with Crippen LogP contribution in [0, 0.1) is 0 Å². The molecule has 0 spiro atoms. The van der Waals surface area contributed by atoms with Crippen molar-refractivity contribution in [2.24, 2.45) is 0 Å². The molecule has 0 aromatic heterocycles. The number of carbonyl (C=O) groups is 1. The van der Waals surface area contributed by atoms with Crippen LogP contribution in [0.5, 0.6) is 0 Å². The van der Waals surface area contributed by atoms with Crippen LogP contribution in [0.2, 0.25) is 0 Å². The molecule has 1 N–H and O–H groups in total. The number of para-hydroxylation sites is 1. The monoisotopic (exact) mass is 219 g/mol. The molecule has 3 heteroatoms. The lowest BCUT2D eigenvalue weighted by molar-refractivity contribution is -0.134. The summed E-state index contributed by atoms with van der Waals surface area (Å²) >= 11 is 0. The summed E-state index contributed by atoms with van der Waals surface area (Å²) in [7, 11) is 1.37. The maximum atomic E-state index is 11.0. The molecule has 1 aromatic rings. The molecule has 0 unspecified atom stereocenters. The Morgan fingerprint density at radius 1 is 1.44 bits per heavy atom. The number of rotatable bonds is 4. The lowest BCUT2D eigenvalue weighted by Crippen LogP contribution is -2.03. The number of anilines is 1. The predicted molar refractivity (Wildman–Crippen MR) is 65.2 cm³/mol. The van der Waals surface area contributed by atoms with Crippen molar-refractivity contribution in [1.82, 2.24) is 0 Å². The van der Waals surface area contributed by atoms with Crippen molar-refractivity contribution in [2.45, 2.75) is 20.3 Å². The van der Waals surface area contributed by atoms with E-state index < -0.39 is 0 Å². The fourth-order valence-electron chi connectivity index (χ4n) is 1.43. The van der Waals surface area contributed by atoms with Gasteiger partial charge in [0.15, 0.2) is 0 Å². The highest BCUT2D eigenvalue weighted by Gasteiger charge is 2.01. The van der Waals surface area contributed by atoms with Crippen LogP contribution >= 0.6 is 0 Å². The minimum Gasteiger partial charge on any atom is -0.466 e. The van der Waals surface area contributed by atoms with Gasteiger partial charge < -0.3 is 10.1 Å². The molecule has 0 bridgehead atoms. The Morgan fingerprint density at radius 2 is 2.12 bits per heavy atom. The standard InChI is InChI=1S/C13H17NO2/c1-4-11-7-5-6-8-12(11)14-10(2)9-13(15)16-3/h5-9,14H,4H2,1-3H3/b10-9+. The molecule has 0 radical (unpaired) electrons. The summed E-state index contributed by atoms with van der Waals surface area (Å²) in [5, 5.41) is 3.19. The minimum absolute atomic E-state index is 0.348. The average molecular weight is 219 g/mol. The first-order chi connectivity index (χ1) is 7.67. The van der Waals surface area contributed by atoms with Gasteiger partial charge in [-0.2, -0.15) is 0 Å². The van der Waals surface area contributed by atoms with Crippen molar-refractivity contribution in [2.75, 3.05) is 12.4 Å². The molecule has 0 aliphatic heterocycles. The van der Waals surface area contributed by atoms with Gasteiger partial charge in [-0.15, -0.1) is 0 Å². The molecule has 1 rings (SSSR count). The quantitative estimate of drug-likeness (QED) is 0.625. The van der Waals surface area contributed by atoms with Crippen molar-refractivity contribution in [1.29, 1.82) is 0 Å². The van der Waals surface area contributed by atoms with E-state index >= 15 is 0 Å². The number of nitrogens with one attached hydrogen (secondary N) is 1. The lowest BCUT2D eigenvalue weighted by atomic mass is 10.1. The van der Waals surface area contributed by atoms with Crippen LogP contribution in [0.3, 0.4) is 0 Å². The zero-order valence-corrected chi connectivity index (χ0v) is 9.91. The second kappa shape index (κ2) is 5.95. The second-order valence-corrected chi connectivity index (χ2v) is 3.49. The second-order valence-electron chi connectivity index (χ2n) is 3.49. The van der Waals surface area contributed by atoms with E-state index in [0.29, 0.717) is 0 Å². The molecule has 86 valence electrons. The van der Waals surface area contributed by atoms with Gasteiger partial charge in [0, 0.05) is 17.5 Å². The van der Waals surface area contributed by atoms with Gasteiger partial charge in [0.2, 0.25) is 0 Å². The van der Waals surface area contributed by atoms with E-state index in [4.69, 9.17) is 0 Å². The Bertz CT molecular complexity index is 397. The molecular weight excluding hydrogens is 202 g/mol. The molecule has 0 atom stereocenters. The first kappa shape index (κ1) is 12.3. The summed E-state index contributed by atoms with van der Waals surface area (Å²) in [6, 6.07) is 8.03. The summed E-state index contributed by atoms with van der Waals surface area (Å²) in [6.07, 6.45) is 2.39. The van der Waals surface area contributed by atoms with Gasteiger partial charge in [0.1, 0.15) is 0 Å². The number of allylic oxidation sites excluding steroid dienone is 1. The highest BCUT2D eigenvalue weighted by Crippen LogP contribution is 2.17. The Kier molecular flexibility index (Phi) is 4.58. The van der Waals surface area contributed by atoms with E-state index in [-0.39, 0.29) is 5.97 Å². The van der Waals surface area contributed by atoms with Gasteiger partial charge in [0.25, 0.3) is 0 Å². The minimum atomic E-state index is -0.348. The van der Waals surface area contributed by atoms with E-state index in [0.717, 1.165) is 17.8 Å². The number of hydrogen-bond acceptors (Lipinski definition) is 3. The fraction of sp³-hybridized carbons (Fsp3) is 0.308. The Morgan fingerprint density at radius 3 is 2.75 bits per heavy atom. The van der Waals surface area contributed by atoms with Crippen molar-refractivity contribution in [3.05, 3.63) is 41.6 Å². The summed E-state index contributed by atoms with van der Waals surface area (Å²) in [4.78, 5) is 11.0. The molecule has 0 heterocycles. The van der Waals surface area contributed by atoms with Crippen molar-refractivity contribution in [3.8, 4) is 0 Å². The number of methoxy groups -OCH3 is 1. The van der Waals surface area contributed by atoms with Crippen LogP contribution in [0.4, 0.5) is 5.69 Å². The maximum absolute atomic E-state index is 11.0. The van der Waals surface area contributed by atoms with Crippen LogP contribution in [0.25, 0.3) is 0 Å². The number of benzene rings is 1. The highest BCUT2D eigenvalue weighted by atomic mass is 16.5. The van der Waals surface area contributed by atoms with E-state index in [1.807, 2.05) is 25.1 Å². The highest BCUT2D eigenvalue weighted by molar-refractivity contribution is 5.83. The Labute approximate surface area is 96.1 Å². The van der Waals surface area contributed by atoms with Gasteiger partial charge in [-0.05, 0) is 25.0 Å². The largest absolute Gasteiger partial charge is 0.466 e. The zero-order valence-electron chi connectivity index (χ0n) is 9.91. The molecule has 1 aromatic carbocycles. The fourth-order valence-corrected chi connectivity index (χ4v) is 1.43. The maximum Gasteiger partial charge on any atom is 0.332 e. The molecule has 3 nitrogen and oxygen atoms in total. The Balaban J connectivity index is 2.80. The first-order valence-corrected chi connectivity index (χ1v) is 5.28. The molecule has 0 aliphatic rings. The molecule has 0 amide bonds. The molecule has 0 saturated heterocycles. The van der Waals surface area contributed by atoms with Crippen LogP contribution in [0.1, 0.15) is 19.4 Å². The summed E-state index contributed by atoms with van der Waals surface area (Å²) in [6.45, 7) is 3.93. The van der Waals surface area contributed by atoms with Crippen molar-refractivity contribution < 1.29 is 9.53 Å². The van der Waals surface area contributed by atoms with Crippen LogP contribution in [-0.4, -0.2) is 13.1 Å². The molecule has 0 saturated carbocycles. The van der Waals surface area contributed by atoms with Gasteiger partial charge >= 0.3 is 5.97 Å². The zero-order chi connectivity index (χ0) is 12.0. The number of aryl methyl sites for hydroxylation is 1. The third-order valence-electron chi connectivity index (χ3n) is 2.27. The van der Waals surface area contributed by atoms with E-state index in [1.54, 1.807) is 0 Å². The normalized spacial score (nSPS) is 11.1. The van der Waals surface area contributed by atoms with Crippen molar-refractivity contribution >= 4 is 11.7 Å². The van der Waals surface area contributed by atoms with Gasteiger partial charge in [-0.1, -0.05) is 25.1 Å². The SMILES string of the molecule is CCc1ccccc1N/C(C)=C/C(=O)OC. The average Bonchev–Trinajstić information content (AvgIpc) is 2.29. The molecular formula is C13H17NO2. The lowest BCUT2D eigenvalue weighted by Gasteiger charge is -2.10. The number of hydrogen-bond donors (Lipinski definition) is 1. The van der Waals surface area contributed by atoms with E-state index in [2.05, 4.69) is 23.0 Å². The third-order valence-corrected chi connectivity index (χ3v) is 2.27. The topological polar surface area (TPSA) is 38.3 Å². The van der Waals surface area contributed by atoms with E-state index in [1.165, 1.54) is 18.7 Å². The number of esters is 1. The van der Waals surface area contributed by atoms with Crippen LogP contribution < -0.4 is 5.32 Å². The number of carbonyl (C=O) groups excluding carboxylic acids is 1. The summed E-state index contributed by atoms with van der Waals surface area (Å²) < 4.78 is 4.56. The third kappa shape index (κ3) is 3.42. The van der Waals surface area contributed by atoms with Gasteiger partial charge in [-0.3, -0.25) is 0 Å². The molecule has 0 fully saturated rings. The molecule has 16 heavy (non-hydrogen) atoms. The van der Waals surface area contributed by atoms with Crippen LogP contribution in [0.15, 0.2) is 36.0 Å². The van der Waals surface area contributed by atoms with Gasteiger partial charge in [-0.25, -0.2) is 4.79 Å². The number of ether oxygens (including phenoxy) is 1. The molecule has 0 aliphatic carbocycles. The van der Waals surface area contributed by atoms with E-state index in [9.17, 15) is 4.79 Å². The van der Waals surface area contributed by atoms with Gasteiger partial charge in [0.05, 0.1) is 7.11 Å². The predicted octanol–water partition coefficient (Wildman–Crippen LogP) is 2.74. The summed E-state index contributed by atoms with van der Waals surface area (Å²) in [5.41, 5.74) is 3.02. The van der Waals surface area contributed by atoms with Crippen LogP contribution in [-0.2, 0) is 16.0 Å². The summed E-state index contributed by atoms with van der Waals surface area (Å²) in [5.74, 6) is -0.348. The van der Waals surface area contributed by atoms with Crippen molar-refractivity contribution in [3.63, 3.8) is 0 Å². The Hall–Kier alpha value is -1.77. The smallest absolute Gasteiger partial charge is 0.332 e. The first-order valence-electron chi connectivity index (χ1n) is 5.28.